The largest absolute Gasteiger partial charge is 0.346 e. The number of nitrogens with one attached hydrogen (secondary N) is 1. The zero-order valence-electron chi connectivity index (χ0n) is 19.9. The van der Waals surface area contributed by atoms with Gasteiger partial charge >= 0.3 is 0 Å². The maximum atomic E-state index is 12.7. The fourth-order valence-corrected chi connectivity index (χ4v) is 6.62. The monoisotopic (exact) mass is 503 g/mol. The molecule has 0 unspecified atom stereocenters. The summed E-state index contributed by atoms with van der Waals surface area (Å²) in [6.07, 6.45) is 7.09. The first-order valence-electron chi connectivity index (χ1n) is 12.1. The van der Waals surface area contributed by atoms with Crippen LogP contribution in [0.2, 0.25) is 0 Å². The van der Waals surface area contributed by atoms with Gasteiger partial charge in [0.15, 0.2) is 0 Å². The van der Waals surface area contributed by atoms with Crippen LogP contribution in [-0.4, -0.2) is 76.9 Å². The van der Waals surface area contributed by atoms with E-state index in [0.29, 0.717) is 6.54 Å². The summed E-state index contributed by atoms with van der Waals surface area (Å²) in [4.78, 5) is 31.1. The SMILES string of the molecule is CN1CCN(Cc2ccc(-c3cnc4[nH]cc(C5=CCN(C(=O)c6cccs6)CC5)c4c3)s2)CC1. The Labute approximate surface area is 213 Å². The highest BCUT2D eigenvalue weighted by Crippen LogP contribution is 2.34. The maximum Gasteiger partial charge on any atom is 0.264 e. The molecule has 1 N–H and O–H groups in total. The summed E-state index contributed by atoms with van der Waals surface area (Å²) in [5.74, 6) is 0.128. The predicted octanol–water partition coefficient (Wildman–Crippen LogP) is 5.03. The number of carbonyl (C=O) groups is 1. The minimum Gasteiger partial charge on any atom is -0.346 e. The quantitative estimate of drug-likeness (QED) is 0.415. The molecule has 6 rings (SSSR count). The van der Waals surface area contributed by atoms with E-state index in [-0.39, 0.29) is 5.91 Å². The number of piperazine rings is 1. The van der Waals surface area contributed by atoms with Crippen molar-refractivity contribution in [2.75, 3.05) is 46.3 Å². The first-order valence-corrected chi connectivity index (χ1v) is 13.8. The van der Waals surface area contributed by atoms with E-state index < -0.39 is 0 Å². The lowest BCUT2D eigenvalue weighted by atomic mass is 9.99. The second kappa shape index (κ2) is 9.70. The van der Waals surface area contributed by atoms with Crippen LogP contribution in [0.3, 0.4) is 0 Å². The van der Waals surface area contributed by atoms with Crippen molar-refractivity contribution in [1.29, 1.82) is 0 Å². The molecule has 0 saturated carbocycles. The molecule has 0 aromatic carbocycles. The summed E-state index contributed by atoms with van der Waals surface area (Å²) in [5, 5.41) is 3.11. The van der Waals surface area contributed by atoms with E-state index in [9.17, 15) is 4.79 Å². The van der Waals surface area contributed by atoms with Crippen molar-refractivity contribution in [3.8, 4) is 10.4 Å². The molecule has 2 aliphatic rings. The van der Waals surface area contributed by atoms with E-state index in [4.69, 9.17) is 4.98 Å². The Morgan fingerprint density at radius 2 is 2.03 bits per heavy atom. The molecule has 1 fully saturated rings. The van der Waals surface area contributed by atoms with Gasteiger partial charge < -0.3 is 14.8 Å². The highest BCUT2D eigenvalue weighted by Gasteiger charge is 2.22. The number of amides is 1. The third kappa shape index (κ3) is 4.71. The number of nitrogens with zero attached hydrogens (tertiary/aromatic N) is 4. The second-order valence-electron chi connectivity index (χ2n) is 9.38. The van der Waals surface area contributed by atoms with Gasteiger partial charge in [0, 0.05) is 84.5 Å². The molecule has 1 amide bonds. The maximum absolute atomic E-state index is 12.7. The molecular formula is C27H29N5OS2. The molecule has 0 atom stereocenters. The van der Waals surface area contributed by atoms with Crippen LogP contribution in [-0.2, 0) is 6.54 Å². The smallest absolute Gasteiger partial charge is 0.264 e. The molecule has 0 aliphatic carbocycles. The number of hydrogen-bond donors (Lipinski definition) is 1. The fraction of sp³-hybridized carbons (Fsp3) is 0.333. The first-order chi connectivity index (χ1) is 17.1. The standard InChI is InChI=1S/C27H29N5OS2/c1-30-10-12-31(13-11-30)18-21-4-5-24(35-21)20-15-22-23(17-29-26(22)28-16-20)19-6-8-32(9-7-19)27(33)25-3-2-14-34-25/h2-6,14-17H,7-13,18H2,1H3,(H,28,29). The van der Waals surface area contributed by atoms with Gasteiger partial charge in [0.2, 0.25) is 0 Å². The molecule has 2 aliphatic heterocycles. The van der Waals surface area contributed by atoms with Crippen LogP contribution in [0.1, 0.15) is 26.5 Å². The summed E-state index contributed by atoms with van der Waals surface area (Å²) >= 11 is 3.38. The van der Waals surface area contributed by atoms with Gasteiger partial charge in [-0.15, -0.1) is 22.7 Å². The van der Waals surface area contributed by atoms with Crippen LogP contribution in [0.15, 0.2) is 54.2 Å². The van der Waals surface area contributed by atoms with Crippen molar-refractivity contribution in [3.05, 3.63) is 69.5 Å². The Morgan fingerprint density at radius 3 is 2.80 bits per heavy atom. The Kier molecular flexibility index (Phi) is 6.28. The normalized spacial score (nSPS) is 17.7. The summed E-state index contributed by atoms with van der Waals surface area (Å²) in [5.41, 5.74) is 4.56. The Balaban J connectivity index is 1.19. The van der Waals surface area contributed by atoms with Gasteiger partial charge in [-0.25, -0.2) is 4.98 Å². The minimum absolute atomic E-state index is 0.128. The number of aromatic nitrogens is 2. The molecular weight excluding hydrogens is 474 g/mol. The Hall–Kier alpha value is -2.78. The lowest BCUT2D eigenvalue weighted by Crippen LogP contribution is -2.43. The topological polar surface area (TPSA) is 55.5 Å². The van der Waals surface area contributed by atoms with Gasteiger partial charge in [-0.2, -0.15) is 0 Å². The van der Waals surface area contributed by atoms with Crippen LogP contribution in [0.25, 0.3) is 27.0 Å². The number of hydrogen-bond acceptors (Lipinski definition) is 6. The third-order valence-corrected chi connectivity index (χ3v) is 9.00. The molecule has 8 heteroatoms. The number of likely N-dealkylation sites (N-methyl/N-ethyl adjacent to an activating group) is 1. The molecule has 6 heterocycles. The second-order valence-corrected chi connectivity index (χ2v) is 11.5. The van der Waals surface area contributed by atoms with Crippen molar-refractivity contribution in [2.45, 2.75) is 13.0 Å². The van der Waals surface area contributed by atoms with Gasteiger partial charge in [-0.3, -0.25) is 9.69 Å². The average Bonchev–Trinajstić information content (AvgIpc) is 3.66. The van der Waals surface area contributed by atoms with Crippen LogP contribution in [0.4, 0.5) is 0 Å². The minimum atomic E-state index is 0.128. The Morgan fingerprint density at radius 1 is 1.14 bits per heavy atom. The molecule has 0 bridgehead atoms. The summed E-state index contributed by atoms with van der Waals surface area (Å²) in [6.45, 7) is 6.97. The number of rotatable bonds is 5. The highest BCUT2D eigenvalue weighted by atomic mass is 32.1. The average molecular weight is 504 g/mol. The number of thiophene rings is 2. The summed E-state index contributed by atoms with van der Waals surface area (Å²) < 4.78 is 0. The zero-order valence-corrected chi connectivity index (χ0v) is 21.5. The van der Waals surface area contributed by atoms with E-state index in [2.05, 4.69) is 52.3 Å². The van der Waals surface area contributed by atoms with Crippen molar-refractivity contribution in [1.82, 2.24) is 24.7 Å². The van der Waals surface area contributed by atoms with Gasteiger partial charge in [-0.1, -0.05) is 12.1 Å². The Bertz CT molecular complexity index is 1360. The molecule has 180 valence electrons. The molecule has 0 radical (unpaired) electrons. The highest BCUT2D eigenvalue weighted by molar-refractivity contribution is 7.15. The zero-order chi connectivity index (χ0) is 23.8. The van der Waals surface area contributed by atoms with E-state index >= 15 is 0 Å². The van der Waals surface area contributed by atoms with E-state index in [1.54, 1.807) is 0 Å². The van der Waals surface area contributed by atoms with Crippen molar-refractivity contribution in [3.63, 3.8) is 0 Å². The van der Waals surface area contributed by atoms with Crippen LogP contribution in [0.5, 0.6) is 0 Å². The lowest BCUT2D eigenvalue weighted by molar-refractivity contribution is 0.0777. The van der Waals surface area contributed by atoms with Crippen molar-refractivity contribution >= 4 is 45.2 Å². The van der Waals surface area contributed by atoms with Gasteiger partial charge in [0.25, 0.3) is 5.91 Å². The predicted molar refractivity (Wildman–Crippen MR) is 145 cm³/mol. The van der Waals surface area contributed by atoms with Gasteiger partial charge in [-0.05, 0) is 48.7 Å². The molecule has 1 saturated heterocycles. The van der Waals surface area contributed by atoms with Gasteiger partial charge in [0.1, 0.15) is 5.65 Å². The van der Waals surface area contributed by atoms with Crippen molar-refractivity contribution < 1.29 is 4.79 Å². The van der Waals surface area contributed by atoms with Gasteiger partial charge in [0.05, 0.1) is 4.88 Å². The van der Waals surface area contributed by atoms with E-state index in [1.165, 1.54) is 37.8 Å². The number of pyridine rings is 1. The third-order valence-electron chi connectivity index (χ3n) is 7.03. The van der Waals surface area contributed by atoms with E-state index in [0.717, 1.165) is 61.6 Å². The first kappa shape index (κ1) is 22.7. The number of aromatic amines is 1. The molecule has 0 spiro atoms. The molecule has 4 aromatic heterocycles. The van der Waals surface area contributed by atoms with Crippen LogP contribution >= 0.6 is 22.7 Å². The molecule has 4 aromatic rings. The fourth-order valence-electron chi connectivity index (χ4n) is 4.90. The molecule has 6 nitrogen and oxygen atoms in total. The summed E-state index contributed by atoms with van der Waals surface area (Å²) in [7, 11) is 2.20. The lowest BCUT2D eigenvalue weighted by Gasteiger charge is -2.31. The number of H-pyrrole nitrogens is 1. The van der Waals surface area contributed by atoms with Crippen molar-refractivity contribution in [2.24, 2.45) is 0 Å². The number of carbonyl (C=O) groups excluding carboxylic acids is 1. The summed E-state index contributed by atoms with van der Waals surface area (Å²) in [6, 6.07) is 10.6. The number of fused-ring (bicyclic) bond motifs is 1. The van der Waals surface area contributed by atoms with Crippen LogP contribution < -0.4 is 0 Å². The van der Waals surface area contributed by atoms with Crippen LogP contribution in [0, 0.1) is 0 Å². The van der Waals surface area contributed by atoms with E-state index in [1.807, 2.05) is 39.9 Å². The molecule has 35 heavy (non-hydrogen) atoms.